The van der Waals surface area contributed by atoms with Gasteiger partial charge in [0.25, 0.3) is 0 Å². The third-order valence-corrected chi connectivity index (χ3v) is 5.92. The average Bonchev–Trinajstić information content (AvgIpc) is 2.62. The molecule has 23 heavy (non-hydrogen) atoms. The van der Waals surface area contributed by atoms with Crippen molar-refractivity contribution in [1.29, 1.82) is 0 Å². The molecule has 0 radical (unpaired) electrons. The number of hydrogen-bond donors (Lipinski definition) is 0. The van der Waals surface area contributed by atoms with Crippen molar-refractivity contribution in [3.63, 3.8) is 0 Å². The van der Waals surface area contributed by atoms with Crippen LogP contribution in [0.1, 0.15) is 5.56 Å². The highest BCUT2D eigenvalue weighted by Gasteiger charge is 2.24. The Labute approximate surface area is 135 Å². The predicted octanol–water partition coefficient (Wildman–Crippen LogP) is 4.15. The van der Waals surface area contributed by atoms with Crippen LogP contribution in [0.3, 0.4) is 0 Å². The highest BCUT2D eigenvalue weighted by Crippen LogP contribution is 2.41. The van der Waals surface area contributed by atoms with E-state index in [4.69, 9.17) is 0 Å². The van der Waals surface area contributed by atoms with E-state index in [1.807, 2.05) is 60.7 Å². The summed E-state index contributed by atoms with van der Waals surface area (Å²) in [7, 11) is -3.06. The van der Waals surface area contributed by atoms with Crippen LogP contribution in [0.5, 0.6) is 0 Å². The van der Waals surface area contributed by atoms with E-state index in [0.717, 1.165) is 0 Å². The maximum absolute atomic E-state index is 13.6. The van der Waals surface area contributed by atoms with Gasteiger partial charge in [0.2, 0.25) is 7.14 Å². The minimum atomic E-state index is -3.06. The Balaban J connectivity index is 2.11. The largest absolute Gasteiger partial charge is 0.300 e. The first-order valence-corrected chi connectivity index (χ1v) is 8.89. The predicted molar refractivity (Wildman–Crippen MR) is 93.0 cm³/mol. The summed E-state index contributed by atoms with van der Waals surface area (Å²) < 4.78 is 26.6. The molecule has 1 nitrogen and oxygen atoms in total. The van der Waals surface area contributed by atoms with Gasteiger partial charge in [0.15, 0.2) is 0 Å². The van der Waals surface area contributed by atoms with Gasteiger partial charge in [0.1, 0.15) is 5.82 Å². The summed E-state index contributed by atoms with van der Waals surface area (Å²) in [4.78, 5) is 0. The molecule has 0 aromatic heterocycles. The molecule has 112 valence electrons. The zero-order valence-corrected chi connectivity index (χ0v) is 13.2. The Hall–Kier alpha value is -2.62. The summed E-state index contributed by atoms with van der Waals surface area (Å²) in [5.74, 6) is 2.61. The number of benzene rings is 3. The molecular weight excluding hydrogens is 306 g/mol. The molecular formula is C20H14FOP. The summed E-state index contributed by atoms with van der Waals surface area (Å²) in [6.07, 6.45) is 0. The topological polar surface area (TPSA) is 17.1 Å². The number of hydrogen-bond acceptors (Lipinski definition) is 1. The molecule has 0 bridgehead atoms. The first-order chi connectivity index (χ1) is 11.2. The van der Waals surface area contributed by atoms with Crippen LogP contribution in [0.2, 0.25) is 0 Å². The summed E-state index contributed by atoms with van der Waals surface area (Å²) in [6.45, 7) is 0. The van der Waals surface area contributed by atoms with Gasteiger partial charge < -0.3 is 0 Å². The van der Waals surface area contributed by atoms with Crippen LogP contribution in [0.25, 0.3) is 0 Å². The fourth-order valence-corrected chi connectivity index (χ4v) is 4.26. The average molecular weight is 320 g/mol. The minimum Gasteiger partial charge on any atom is -0.300 e. The van der Waals surface area contributed by atoms with Crippen molar-refractivity contribution in [2.45, 2.75) is 0 Å². The lowest BCUT2D eigenvalue weighted by atomic mass is 10.2. The van der Waals surface area contributed by atoms with Crippen molar-refractivity contribution in [1.82, 2.24) is 0 Å². The van der Waals surface area contributed by atoms with E-state index in [-0.39, 0.29) is 5.82 Å². The third kappa shape index (κ3) is 3.42. The third-order valence-electron chi connectivity index (χ3n) is 3.44. The first-order valence-electron chi connectivity index (χ1n) is 7.19. The molecule has 0 unspecified atom stereocenters. The molecule has 3 aromatic carbocycles. The first kappa shape index (κ1) is 15.3. The molecule has 3 aromatic rings. The quantitative estimate of drug-likeness (QED) is 0.512. The molecule has 0 fully saturated rings. The molecule has 0 aliphatic heterocycles. The number of rotatable bonds is 2. The fourth-order valence-electron chi connectivity index (χ4n) is 2.23. The van der Waals surface area contributed by atoms with Crippen molar-refractivity contribution in [2.75, 3.05) is 0 Å². The lowest BCUT2D eigenvalue weighted by Gasteiger charge is -2.12. The Bertz CT molecular complexity index is 848. The van der Waals surface area contributed by atoms with Gasteiger partial charge in [-0.3, -0.25) is 4.57 Å². The normalized spacial score (nSPS) is 10.7. The van der Waals surface area contributed by atoms with Gasteiger partial charge in [-0.2, -0.15) is 0 Å². The van der Waals surface area contributed by atoms with E-state index >= 15 is 0 Å². The smallest absolute Gasteiger partial charge is 0.211 e. The Kier molecular flexibility index (Phi) is 4.42. The Morgan fingerprint density at radius 3 is 1.65 bits per heavy atom. The second-order valence-electron chi connectivity index (χ2n) is 5.02. The monoisotopic (exact) mass is 320 g/mol. The maximum atomic E-state index is 13.6. The molecule has 0 aliphatic carbocycles. The van der Waals surface area contributed by atoms with Crippen molar-refractivity contribution >= 4 is 17.8 Å². The van der Waals surface area contributed by atoms with E-state index in [2.05, 4.69) is 11.6 Å². The molecule has 0 atom stereocenters. The Morgan fingerprint density at radius 1 is 0.696 bits per heavy atom. The second-order valence-corrected chi connectivity index (χ2v) is 7.50. The van der Waals surface area contributed by atoms with Crippen molar-refractivity contribution in [2.24, 2.45) is 0 Å². The van der Waals surface area contributed by atoms with Gasteiger partial charge in [-0.05, 0) is 29.9 Å². The summed E-state index contributed by atoms with van der Waals surface area (Å²) in [5, 5.41) is 1.39. The van der Waals surface area contributed by atoms with E-state index < -0.39 is 7.14 Å². The minimum absolute atomic E-state index is 0.315. The molecule has 3 heteroatoms. The van der Waals surface area contributed by atoms with Gasteiger partial charge in [0, 0.05) is 16.2 Å². The van der Waals surface area contributed by atoms with E-state index in [0.29, 0.717) is 16.2 Å². The zero-order valence-electron chi connectivity index (χ0n) is 12.3. The van der Waals surface area contributed by atoms with Gasteiger partial charge in [-0.25, -0.2) is 4.39 Å². The van der Waals surface area contributed by atoms with Crippen LogP contribution in [-0.4, -0.2) is 0 Å². The van der Waals surface area contributed by atoms with Gasteiger partial charge in [-0.15, -0.1) is 0 Å². The van der Waals surface area contributed by atoms with Crippen molar-refractivity contribution < 1.29 is 8.96 Å². The van der Waals surface area contributed by atoms with Crippen LogP contribution in [0.15, 0.2) is 84.9 Å². The molecule has 0 N–H and O–H groups in total. The van der Waals surface area contributed by atoms with Crippen LogP contribution >= 0.6 is 7.14 Å². The molecule has 0 spiro atoms. The molecule has 0 amide bonds. The molecule has 0 heterocycles. The van der Waals surface area contributed by atoms with Crippen molar-refractivity contribution in [3.8, 4) is 11.6 Å². The van der Waals surface area contributed by atoms with Gasteiger partial charge in [0.05, 0.1) is 0 Å². The Morgan fingerprint density at radius 2 is 1.17 bits per heavy atom. The highest BCUT2D eigenvalue weighted by molar-refractivity contribution is 7.83. The molecule has 3 rings (SSSR count). The zero-order chi connectivity index (χ0) is 16.1. The summed E-state index contributed by atoms with van der Waals surface area (Å²) >= 11 is 0. The highest BCUT2D eigenvalue weighted by atomic mass is 31.2. The van der Waals surface area contributed by atoms with Crippen LogP contribution in [0, 0.1) is 17.4 Å². The fraction of sp³-hybridized carbons (Fsp3) is 0. The molecule has 0 saturated carbocycles. The molecule has 0 saturated heterocycles. The van der Waals surface area contributed by atoms with Crippen molar-refractivity contribution in [3.05, 3.63) is 96.3 Å². The lowest BCUT2D eigenvalue weighted by Crippen LogP contribution is -2.14. The van der Waals surface area contributed by atoms with E-state index in [1.54, 1.807) is 12.1 Å². The van der Waals surface area contributed by atoms with Gasteiger partial charge >= 0.3 is 0 Å². The molecule has 0 aliphatic rings. The van der Waals surface area contributed by atoms with E-state index in [9.17, 15) is 8.96 Å². The summed E-state index contributed by atoms with van der Waals surface area (Å²) in [6, 6.07) is 24.3. The van der Waals surface area contributed by atoms with Gasteiger partial charge in [-0.1, -0.05) is 66.6 Å². The van der Waals surface area contributed by atoms with Crippen LogP contribution in [-0.2, 0) is 4.57 Å². The second kappa shape index (κ2) is 6.65. The SMILES string of the molecule is O=P(C#Cc1ccc(F)cc1)(c1ccccc1)c1ccccc1. The number of halogens is 1. The van der Waals surface area contributed by atoms with Crippen LogP contribution < -0.4 is 10.6 Å². The standard InChI is InChI=1S/C20H14FOP/c21-18-13-11-17(12-14-18)15-16-23(22,19-7-3-1-4-8-19)20-9-5-2-6-10-20/h1-14H. The lowest BCUT2D eigenvalue weighted by molar-refractivity contribution is 0.593. The maximum Gasteiger partial charge on any atom is 0.211 e. The summed E-state index contributed by atoms with van der Waals surface area (Å²) in [5.41, 5.74) is 3.59. The van der Waals surface area contributed by atoms with Crippen LogP contribution in [0.4, 0.5) is 4.39 Å². The van der Waals surface area contributed by atoms with E-state index in [1.165, 1.54) is 12.1 Å².